The Hall–Kier alpha value is -0.820. The van der Waals surface area contributed by atoms with Gasteiger partial charge in [-0.25, -0.2) is 9.78 Å². The number of nitrogens with one attached hydrogen (secondary N) is 1. The lowest BCUT2D eigenvalue weighted by atomic mass is 10.2. The van der Waals surface area contributed by atoms with Gasteiger partial charge in [-0.3, -0.25) is 5.10 Å². The molecule has 3 N–H and O–H groups in total. The van der Waals surface area contributed by atoms with Crippen LogP contribution in [0, 0.1) is 7.14 Å². The van der Waals surface area contributed by atoms with Crippen molar-refractivity contribution < 1.29 is 15.0 Å². The first-order valence-electron chi connectivity index (χ1n) is 6.12. The Morgan fingerprint density at radius 2 is 2.05 bits per heavy atom. The molecule has 22 heavy (non-hydrogen) atoms. The number of halogens is 2. The molecule has 116 valence electrons. The molecule has 0 saturated carbocycles. The molecule has 1 heterocycles. The summed E-state index contributed by atoms with van der Waals surface area (Å²) in [7, 11) is 0. The number of phenolic OH excluding ortho intramolecular Hbond substituents is 1. The van der Waals surface area contributed by atoms with Crippen LogP contribution in [0.1, 0.15) is 18.3 Å². The first-order chi connectivity index (χ1) is 10.4. The summed E-state index contributed by atoms with van der Waals surface area (Å²) in [4.78, 5) is 15.7. The average molecular weight is 543 g/mol. The van der Waals surface area contributed by atoms with E-state index in [-0.39, 0.29) is 10.7 Å². The predicted octanol–water partition coefficient (Wildman–Crippen LogP) is 3.50. The second kappa shape index (κ2) is 7.64. The molecule has 0 radical (unpaired) electrons. The monoisotopic (exact) mass is 543 g/mol. The number of aromatic hydroxyl groups is 1. The summed E-state index contributed by atoms with van der Waals surface area (Å²) in [5.41, 5.74) is 0.697. The maximum absolute atomic E-state index is 11.4. The van der Waals surface area contributed by atoms with Crippen molar-refractivity contribution in [3.63, 3.8) is 0 Å². The number of thioether (sulfide) groups is 1. The number of aromatic amines is 1. The minimum absolute atomic E-state index is 0.110. The smallest absolute Gasteiger partial charge is 0.342 e. The van der Waals surface area contributed by atoms with Gasteiger partial charge >= 0.3 is 5.97 Å². The fourth-order valence-electron chi connectivity index (χ4n) is 1.53. The quantitative estimate of drug-likeness (QED) is 0.304. The van der Waals surface area contributed by atoms with Gasteiger partial charge < -0.3 is 10.2 Å². The van der Waals surface area contributed by atoms with Gasteiger partial charge in [0.15, 0.2) is 0 Å². The van der Waals surface area contributed by atoms with Gasteiger partial charge in [0.1, 0.15) is 16.5 Å². The first kappa shape index (κ1) is 17.5. The van der Waals surface area contributed by atoms with Crippen LogP contribution < -0.4 is 0 Å². The molecule has 0 unspecified atom stereocenters. The van der Waals surface area contributed by atoms with Gasteiger partial charge in [-0.1, -0.05) is 6.92 Å². The largest absolute Gasteiger partial charge is 0.506 e. The Balaban J connectivity index is 2.33. The summed E-state index contributed by atoms with van der Waals surface area (Å²) in [6.45, 7) is 1.93. The first-order valence-corrected chi connectivity index (χ1v) is 9.10. The van der Waals surface area contributed by atoms with Crippen molar-refractivity contribution >= 4 is 69.0 Å². The molecule has 0 spiro atoms. The number of carboxylic acid groups (broad SMARTS) is 1. The van der Waals surface area contributed by atoms with Crippen molar-refractivity contribution in [2.24, 2.45) is 0 Å². The number of aryl methyl sites for hydroxylation is 1. The van der Waals surface area contributed by atoms with Crippen LogP contribution in [0.2, 0.25) is 0 Å². The Bertz CT molecular complexity index is 723. The molecule has 9 heteroatoms. The number of benzene rings is 1. The van der Waals surface area contributed by atoms with Crippen LogP contribution >= 0.6 is 56.9 Å². The summed E-state index contributed by atoms with van der Waals surface area (Å²) < 4.78 is 1.33. The minimum atomic E-state index is -1.05. The predicted molar refractivity (Wildman–Crippen MR) is 101 cm³/mol. The van der Waals surface area contributed by atoms with Gasteiger partial charge in [0.25, 0.3) is 0 Å². The Morgan fingerprint density at radius 3 is 2.55 bits per heavy atom. The molecule has 1 aromatic heterocycles. The summed E-state index contributed by atoms with van der Waals surface area (Å²) in [6, 6.07) is 3.44. The van der Waals surface area contributed by atoms with Crippen molar-refractivity contribution in [2.75, 3.05) is 0 Å². The van der Waals surface area contributed by atoms with Crippen molar-refractivity contribution in [1.82, 2.24) is 15.2 Å². The topological polar surface area (TPSA) is 99.1 Å². The molecule has 0 fully saturated rings. The van der Waals surface area contributed by atoms with E-state index in [0.29, 0.717) is 30.1 Å². The highest BCUT2D eigenvalue weighted by Gasteiger charge is 2.14. The molecule has 1 aromatic carbocycles. The van der Waals surface area contributed by atoms with Gasteiger partial charge in [-0.05, 0) is 80.7 Å². The van der Waals surface area contributed by atoms with Crippen LogP contribution in [0.5, 0.6) is 5.75 Å². The summed E-state index contributed by atoms with van der Waals surface area (Å²) in [6.07, 6.45) is 2.24. The van der Waals surface area contributed by atoms with Crippen LogP contribution in [0.15, 0.2) is 22.2 Å². The van der Waals surface area contributed by atoms with E-state index in [2.05, 4.69) is 15.2 Å². The highest BCUT2D eigenvalue weighted by Crippen LogP contribution is 2.30. The molecule has 0 bridgehead atoms. The molecule has 0 amide bonds. The van der Waals surface area contributed by atoms with Crippen molar-refractivity contribution in [1.29, 1.82) is 0 Å². The van der Waals surface area contributed by atoms with Crippen molar-refractivity contribution in [3.05, 3.63) is 35.6 Å². The Morgan fingerprint density at radius 1 is 1.41 bits per heavy atom. The molecular formula is C13H11I2N3O3S. The summed E-state index contributed by atoms with van der Waals surface area (Å²) in [5.74, 6) is -0.142. The standard InChI is InChI=1S/C13H11I2N3O3S/c1-2-10-16-13(18-17-10)22-9(12(20)21)5-6-3-7(14)11(19)8(15)4-6/h3-5,19H,2H2,1H3,(H,20,21)(H,16,17,18)/b9-5-. The lowest BCUT2D eigenvalue weighted by molar-refractivity contribution is -0.131. The molecular weight excluding hydrogens is 532 g/mol. The summed E-state index contributed by atoms with van der Waals surface area (Å²) in [5, 5.41) is 26.2. The number of H-pyrrole nitrogens is 1. The molecule has 6 nitrogen and oxygen atoms in total. The molecule has 0 aliphatic rings. The van der Waals surface area contributed by atoms with Crippen LogP contribution in [0.3, 0.4) is 0 Å². The number of nitrogens with zero attached hydrogens (tertiary/aromatic N) is 2. The molecule has 2 rings (SSSR count). The van der Waals surface area contributed by atoms with Crippen LogP contribution in [-0.2, 0) is 11.2 Å². The third-order valence-corrected chi connectivity index (χ3v) is 5.12. The number of aliphatic carboxylic acids is 1. The van der Waals surface area contributed by atoms with Gasteiger partial charge in [-0.15, -0.1) is 5.10 Å². The van der Waals surface area contributed by atoms with Crippen molar-refractivity contribution in [2.45, 2.75) is 18.5 Å². The second-order valence-corrected chi connectivity index (χ2v) is 7.50. The minimum Gasteiger partial charge on any atom is -0.506 e. The molecule has 0 saturated heterocycles. The number of hydrogen-bond donors (Lipinski definition) is 3. The molecule has 0 aliphatic heterocycles. The van der Waals surface area contributed by atoms with E-state index in [1.54, 1.807) is 18.2 Å². The number of carbonyl (C=O) groups is 1. The second-order valence-electron chi connectivity index (χ2n) is 4.17. The highest BCUT2D eigenvalue weighted by molar-refractivity contribution is 14.1. The van der Waals surface area contributed by atoms with Gasteiger partial charge in [-0.2, -0.15) is 0 Å². The number of aromatic nitrogens is 3. The summed E-state index contributed by atoms with van der Waals surface area (Å²) >= 11 is 4.99. The van der Waals surface area contributed by atoms with E-state index >= 15 is 0 Å². The zero-order valence-electron chi connectivity index (χ0n) is 11.3. The van der Waals surface area contributed by atoms with E-state index in [0.717, 1.165) is 11.8 Å². The van der Waals surface area contributed by atoms with Crippen molar-refractivity contribution in [3.8, 4) is 5.75 Å². The number of hydrogen-bond acceptors (Lipinski definition) is 5. The van der Waals surface area contributed by atoms with Gasteiger partial charge in [0.05, 0.1) is 7.14 Å². The zero-order chi connectivity index (χ0) is 16.3. The number of rotatable bonds is 5. The van der Waals surface area contributed by atoms with Crippen LogP contribution in [-0.4, -0.2) is 31.4 Å². The number of phenols is 1. The SMILES string of the molecule is CCc1nc(S/C(=C\c2cc(I)c(O)c(I)c2)C(=O)O)n[nH]1. The van der Waals surface area contributed by atoms with Crippen LogP contribution in [0.25, 0.3) is 6.08 Å². The maximum atomic E-state index is 11.4. The lowest BCUT2D eigenvalue weighted by Crippen LogP contribution is -1.97. The van der Waals surface area contributed by atoms with Gasteiger partial charge in [0, 0.05) is 6.42 Å². The maximum Gasteiger partial charge on any atom is 0.342 e. The van der Waals surface area contributed by atoms with E-state index < -0.39 is 5.97 Å². The Labute approximate surface area is 158 Å². The highest BCUT2D eigenvalue weighted by atomic mass is 127. The molecule has 2 aromatic rings. The third-order valence-electron chi connectivity index (χ3n) is 2.60. The van der Waals surface area contributed by atoms with E-state index in [4.69, 9.17) is 0 Å². The zero-order valence-corrected chi connectivity index (χ0v) is 16.4. The normalized spacial score (nSPS) is 11.7. The van der Waals surface area contributed by atoms with E-state index in [1.165, 1.54) is 0 Å². The van der Waals surface area contributed by atoms with Crippen LogP contribution in [0.4, 0.5) is 0 Å². The van der Waals surface area contributed by atoms with E-state index in [9.17, 15) is 15.0 Å². The number of carboxylic acids is 1. The van der Waals surface area contributed by atoms with E-state index in [1.807, 2.05) is 52.1 Å². The fraction of sp³-hybridized carbons (Fsp3) is 0.154. The molecule has 0 aliphatic carbocycles. The third kappa shape index (κ3) is 4.35. The fourth-order valence-corrected chi connectivity index (χ4v) is 4.08. The molecule has 0 atom stereocenters. The average Bonchev–Trinajstić information content (AvgIpc) is 2.91. The lowest BCUT2D eigenvalue weighted by Gasteiger charge is -2.04. The Kier molecular flexibility index (Phi) is 6.09. The van der Waals surface area contributed by atoms with Gasteiger partial charge in [0.2, 0.25) is 5.16 Å².